The van der Waals surface area contributed by atoms with E-state index in [0.29, 0.717) is 6.42 Å². The van der Waals surface area contributed by atoms with E-state index in [2.05, 4.69) is 10.3 Å². The van der Waals surface area contributed by atoms with Crippen LogP contribution in [0.25, 0.3) is 0 Å². The molecule has 1 unspecified atom stereocenters. The van der Waals surface area contributed by atoms with Crippen molar-refractivity contribution < 1.29 is 9.84 Å². The summed E-state index contributed by atoms with van der Waals surface area (Å²) in [6, 6.07) is 7.38. The number of rotatable bonds is 4. The highest BCUT2D eigenvalue weighted by Crippen LogP contribution is 2.26. The molecule has 0 saturated heterocycles. The Bertz CT molecular complexity index is 517. The van der Waals surface area contributed by atoms with Crippen molar-refractivity contribution >= 4 is 0 Å². The molecule has 0 bridgehead atoms. The molecular formula is C13H17N3O2. The molecule has 0 fully saturated rings. The first-order chi connectivity index (χ1) is 8.51. The lowest BCUT2D eigenvalue weighted by molar-refractivity contribution is 0.0565. The number of ether oxygens (including phenoxy) is 1. The Kier molecular flexibility index (Phi) is 3.34. The number of nitrogens with zero attached hydrogens (tertiary/aromatic N) is 3. The maximum atomic E-state index is 10.5. The van der Waals surface area contributed by atoms with Crippen molar-refractivity contribution in [2.75, 3.05) is 7.11 Å². The third kappa shape index (κ3) is 2.68. The van der Waals surface area contributed by atoms with Gasteiger partial charge in [-0.3, -0.25) is 4.68 Å². The summed E-state index contributed by atoms with van der Waals surface area (Å²) < 4.78 is 6.72. The van der Waals surface area contributed by atoms with Crippen LogP contribution in [0.1, 0.15) is 18.2 Å². The van der Waals surface area contributed by atoms with Crippen LogP contribution in [0.15, 0.2) is 30.5 Å². The second kappa shape index (κ2) is 4.78. The Balaban J connectivity index is 2.18. The molecular weight excluding hydrogens is 230 g/mol. The van der Waals surface area contributed by atoms with Crippen LogP contribution in [0.2, 0.25) is 0 Å². The highest BCUT2D eigenvalue weighted by molar-refractivity contribution is 5.31. The maximum absolute atomic E-state index is 10.5. The third-order valence-corrected chi connectivity index (χ3v) is 2.89. The molecule has 96 valence electrons. The number of aliphatic hydroxyl groups is 1. The van der Waals surface area contributed by atoms with E-state index in [-0.39, 0.29) is 0 Å². The van der Waals surface area contributed by atoms with Gasteiger partial charge in [0.15, 0.2) is 0 Å². The zero-order chi connectivity index (χ0) is 13.2. The molecule has 0 saturated carbocycles. The highest BCUT2D eigenvalue weighted by atomic mass is 16.5. The minimum Gasteiger partial charge on any atom is -0.497 e. The number of methoxy groups -OCH3 is 1. The molecule has 0 radical (unpaired) electrons. The lowest BCUT2D eigenvalue weighted by Gasteiger charge is -2.22. The van der Waals surface area contributed by atoms with Gasteiger partial charge in [0.25, 0.3) is 0 Å². The van der Waals surface area contributed by atoms with Gasteiger partial charge in [0.2, 0.25) is 0 Å². The van der Waals surface area contributed by atoms with Gasteiger partial charge in [0, 0.05) is 19.7 Å². The van der Waals surface area contributed by atoms with Gasteiger partial charge >= 0.3 is 0 Å². The van der Waals surface area contributed by atoms with Gasteiger partial charge in [0.05, 0.1) is 18.4 Å². The molecule has 2 rings (SSSR count). The van der Waals surface area contributed by atoms with Gasteiger partial charge in [-0.1, -0.05) is 17.3 Å². The molecule has 1 atom stereocenters. The normalized spacial score (nSPS) is 14.2. The highest BCUT2D eigenvalue weighted by Gasteiger charge is 2.24. The van der Waals surface area contributed by atoms with E-state index >= 15 is 0 Å². The van der Waals surface area contributed by atoms with E-state index in [1.54, 1.807) is 32.0 Å². The van der Waals surface area contributed by atoms with Crippen LogP contribution in [0.5, 0.6) is 5.75 Å². The van der Waals surface area contributed by atoms with Crippen LogP contribution in [-0.4, -0.2) is 27.2 Å². The lowest BCUT2D eigenvalue weighted by atomic mass is 9.91. The van der Waals surface area contributed by atoms with E-state index in [1.807, 2.05) is 24.3 Å². The SMILES string of the molecule is COc1ccc(C(C)(O)Cc2cn(C)nn2)cc1. The van der Waals surface area contributed by atoms with Crippen molar-refractivity contribution in [2.45, 2.75) is 18.9 Å². The van der Waals surface area contributed by atoms with E-state index < -0.39 is 5.60 Å². The van der Waals surface area contributed by atoms with Crippen molar-refractivity contribution in [3.05, 3.63) is 41.7 Å². The van der Waals surface area contributed by atoms with Crippen molar-refractivity contribution in [1.82, 2.24) is 15.0 Å². The molecule has 1 aromatic heterocycles. The van der Waals surface area contributed by atoms with Gasteiger partial charge in [-0.15, -0.1) is 5.10 Å². The Morgan fingerprint density at radius 3 is 2.50 bits per heavy atom. The van der Waals surface area contributed by atoms with Crippen LogP contribution in [0, 0.1) is 0 Å². The van der Waals surface area contributed by atoms with Crippen molar-refractivity contribution in [1.29, 1.82) is 0 Å². The minimum atomic E-state index is -0.970. The smallest absolute Gasteiger partial charge is 0.118 e. The van der Waals surface area contributed by atoms with Gasteiger partial charge in [-0.25, -0.2) is 0 Å². The fraction of sp³-hybridized carbons (Fsp3) is 0.385. The van der Waals surface area contributed by atoms with Crippen molar-refractivity contribution in [2.24, 2.45) is 7.05 Å². The molecule has 5 nitrogen and oxygen atoms in total. The van der Waals surface area contributed by atoms with Crippen LogP contribution < -0.4 is 4.74 Å². The molecule has 1 aromatic carbocycles. The van der Waals surface area contributed by atoms with E-state index in [1.165, 1.54) is 0 Å². The van der Waals surface area contributed by atoms with Crippen LogP contribution >= 0.6 is 0 Å². The summed E-state index contributed by atoms with van der Waals surface area (Å²) in [6.45, 7) is 1.77. The third-order valence-electron chi connectivity index (χ3n) is 2.89. The largest absolute Gasteiger partial charge is 0.497 e. The fourth-order valence-electron chi connectivity index (χ4n) is 1.88. The second-order valence-corrected chi connectivity index (χ2v) is 4.56. The molecule has 5 heteroatoms. The van der Waals surface area contributed by atoms with E-state index in [0.717, 1.165) is 17.0 Å². The van der Waals surface area contributed by atoms with Crippen LogP contribution in [0.3, 0.4) is 0 Å². The van der Waals surface area contributed by atoms with Crippen LogP contribution in [-0.2, 0) is 19.1 Å². The Morgan fingerprint density at radius 2 is 2.00 bits per heavy atom. The quantitative estimate of drug-likeness (QED) is 0.884. The number of hydrogen-bond donors (Lipinski definition) is 1. The topological polar surface area (TPSA) is 60.2 Å². The first-order valence-electron chi connectivity index (χ1n) is 5.73. The van der Waals surface area contributed by atoms with Crippen molar-refractivity contribution in [3.8, 4) is 5.75 Å². The summed E-state index contributed by atoms with van der Waals surface area (Å²) in [5.74, 6) is 0.772. The number of aryl methyl sites for hydroxylation is 1. The zero-order valence-corrected chi connectivity index (χ0v) is 10.8. The number of aromatic nitrogens is 3. The number of hydrogen-bond acceptors (Lipinski definition) is 4. The summed E-state index contributed by atoms with van der Waals surface area (Å²) in [6.07, 6.45) is 2.23. The Labute approximate surface area is 106 Å². The summed E-state index contributed by atoms with van der Waals surface area (Å²) in [7, 11) is 3.42. The Morgan fingerprint density at radius 1 is 1.33 bits per heavy atom. The first-order valence-corrected chi connectivity index (χ1v) is 5.73. The summed E-state index contributed by atoms with van der Waals surface area (Å²) >= 11 is 0. The molecule has 0 spiro atoms. The fourth-order valence-corrected chi connectivity index (χ4v) is 1.88. The predicted octanol–water partition coefficient (Wildman–Crippen LogP) is 1.27. The van der Waals surface area contributed by atoms with Gasteiger partial charge in [0.1, 0.15) is 5.75 Å². The van der Waals surface area contributed by atoms with E-state index in [4.69, 9.17) is 4.74 Å². The predicted molar refractivity (Wildman–Crippen MR) is 67.3 cm³/mol. The maximum Gasteiger partial charge on any atom is 0.118 e. The average Bonchev–Trinajstić information content (AvgIpc) is 2.74. The molecule has 0 aliphatic rings. The molecule has 2 aromatic rings. The van der Waals surface area contributed by atoms with Gasteiger partial charge in [-0.05, 0) is 24.6 Å². The monoisotopic (exact) mass is 247 g/mol. The van der Waals surface area contributed by atoms with E-state index in [9.17, 15) is 5.11 Å². The molecule has 0 amide bonds. The van der Waals surface area contributed by atoms with Gasteiger partial charge < -0.3 is 9.84 Å². The second-order valence-electron chi connectivity index (χ2n) is 4.56. The first kappa shape index (κ1) is 12.6. The Hall–Kier alpha value is -1.88. The standard InChI is InChI=1S/C13H17N3O2/c1-13(17,8-11-9-16(2)15-14-11)10-4-6-12(18-3)7-5-10/h4-7,9,17H,8H2,1-3H3. The summed E-state index contributed by atoms with van der Waals surface area (Å²) in [4.78, 5) is 0. The summed E-state index contributed by atoms with van der Waals surface area (Å²) in [5.41, 5.74) is 0.620. The minimum absolute atomic E-state index is 0.424. The van der Waals surface area contributed by atoms with Gasteiger partial charge in [-0.2, -0.15) is 0 Å². The van der Waals surface area contributed by atoms with Crippen molar-refractivity contribution in [3.63, 3.8) is 0 Å². The molecule has 18 heavy (non-hydrogen) atoms. The average molecular weight is 247 g/mol. The summed E-state index contributed by atoms with van der Waals surface area (Å²) in [5, 5.41) is 18.3. The molecule has 1 N–H and O–H groups in total. The number of benzene rings is 1. The lowest BCUT2D eigenvalue weighted by Crippen LogP contribution is -2.24. The molecule has 1 heterocycles. The zero-order valence-electron chi connectivity index (χ0n) is 10.8. The van der Waals surface area contributed by atoms with Crippen LogP contribution in [0.4, 0.5) is 0 Å². The molecule has 0 aliphatic heterocycles. The molecule has 0 aliphatic carbocycles.